The second kappa shape index (κ2) is 8.58. The SMILES string of the molecule is CCNC(=NCc1cc(C)oc1C)NCCc1ccc(Cl)nc1. The van der Waals surface area contributed by atoms with Gasteiger partial charge in [0.2, 0.25) is 0 Å². The number of pyridine rings is 1. The number of guanidine groups is 1. The Hall–Kier alpha value is -2.01. The highest BCUT2D eigenvalue weighted by Gasteiger charge is 2.04. The van der Waals surface area contributed by atoms with Crippen molar-refractivity contribution >= 4 is 17.6 Å². The van der Waals surface area contributed by atoms with Crippen molar-refractivity contribution in [2.75, 3.05) is 13.1 Å². The fourth-order valence-corrected chi connectivity index (χ4v) is 2.34. The van der Waals surface area contributed by atoms with Crippen molar-refractivity contribution in [2.24, 2.45) is 4.99 Å². The number of nitrogens with zero attached hydrogens (tertiary/aromatic N) is 2. The van der Waals surface area contributed by atoms with Gasteiger partial charge in [0.25, 0.3) is 0 Å². The van der Waals surface area contributed by atoms with E-state index in [1.54, 1.807) is 12.3 Å². The highest BCUT2D eigenvalue weighted by molar-refractivity contribution is 6.29. The third-order valence-corrected chi connectivity index (χ3v) is 3.61. The lowest BCUT2D eigenvalue weighted by atomic mass is 10.2. The van der Waals surface area contributed by atoms with E-state index in [2.05, 4.69) is 20.6 Å². The van der Waals surface area contributed by atoms with Crippen LogP contribution < -0.4 is 10.6 Å². The van der Waals surface area contributed by atoms with Crippen molar-refractivity contribution in [3.8, 4) is 0 Å². The molecule has 6 heteroatoms. The number of aromatic nitrogens is 1. The van der Waals surface area contributed by atoms with Crippen LogP contribution in [-0.2, 0) is 13.0 Å². The second-order valence-electron chi connectivity index (χ2n) is 5.30. The molecule has 2 rings (SSSR count). The zero-order chi connectivity index (χ0) is 16.7. The van der Waals surface area contributed by atoms with E-state index in [-0.39, 0.29) is 0 Å². The Labute approximate surface area is 142 Å². The lowest BCUT2D eigenvalue weighted by Gasteiger charge is -2.11. The van der Waals surface area contributed by atoms with Gasteiger partial charge in [-0.2, -0.15) is 0 Å². The topological polar surface area (TPSA) is 62.5 Å². The molecule has 0 aliphatic heterocycles. The van der Waals surface area contributed by atoms with Gasteiger partial charge in [0, 0.05) is 24.8 Å². The Morgan fingerprint density at radius 1 is 1.30 bits per heavy atom. The Kier molecular flexibility index (Phi) is 6.47. The van der Waals surface area contributed by atoms with Gasteiger partial charge in [-0.25, -0.2) is 9.98 Å². The van der Waals surface area contributed by atoms with E-state index in [1.165, 1.54) is 0 Å². The number of rotatable bonds is 6. The number of halogens is 1. The maximum absolute atomic E-state index is 5.79. The number of furan rings is 1. The summed E-state index contributed by atoms with van der Waals surface area (Å²) in [6, 6.07) is 5.82. The average Bonchev–Trinajstić information content (AvgIpc) is 2.84. The number of aryl methyl sites for hydroxylation is 2. The molecule has 2 heterocycles. The maximum Gasteiger partial charge on any atom is 0.191 e. The normalized spacial score (nSPS) is 11.6. The molecule has 124 valence electrons. The summed E-state index contributed by atoms with van der Waals surface area (Å²) in [4.78, 5) is 8.68. The van der Waals surface area contributed by atoms with Gasteiger partial charge in [-0.1, -0.05) is 17.7 Å². The van der Waals surface area contributed by atoms with Gasteiger partial charge in [0.15, 0.2) is 5.96 Å². The van der Waals surface area contributed by atoms with Crippen molar-refractivity contribution in [1.82, 2.24) is 15.6 Å². The molecular weight excluding hydrogens is 312 g/mol. The quantitative estimate of drug-likeness (QED) is 0.483. The molecule has 0 aromatic carbocycles. The number of hydrogen-bond donors (Lipinski definition) is 2. The smallest absolute Gasteiger partial charge is 0.191 e. The monoisotopic (exact) mass is 334 g/mol. The molecule has 0 unspecified atom stereocenters. The fraction of sp³-hybridized carbons (Fsp3) is 0.412. The standard InChI is InChI=1S/C17H23ClN4O/c1-4-19-17(22-11-15-9-12(2)23-13(15)3)20-8-7-14-5-6-16(18)21-10-14/h5-6,9-10H,4,7-8,11H2,1-3H3,(H2,19,20,22). The molecule has 2 aromatic rings. The molecule has 0 bridgehead atoms. The van der Waals surface area contributed by atoms with E-state index in [0.717, 1.165) is 48.1 Å². The van der Waals surface area contributed by atoms with Crippen LogP contribution in [0.5, 0.6) is 0 Å². The van der Waals surface area contributed by atoms with Crippen LogP contribution in [0.25, 0.3) is 0 Å². The van der Waals surface area contributed by atoms with E-state index in [1.807, 2.05) is 32.9 Å². The van der Waals surface area contributed by atoms with Crippen molar-refractivity contribution < 1.29 is 4.42 Å². The summed E-state index contributed by atoms with van der Waals surface area (Å²) in [7, 11) is 0. The van der Waals surface area contributed by atoms with E-state index in [0.29, 0.717) is 11.7 Å². The van der Waals surface area contributed by atoms with Crippen LogP contribution in [0.15, 0.2) is 33.8 Å². The first-order chi connectivity index (χ1) is 11.1. The zero-order valence-corrected chi connectivity index (χ0v) is 14.6. The fourth-order valence-electron chi connectivity index (χ4n) is 2.23. The molecule has 0 spiro atoms. The minimum absolute atomic E-state index is 0.516. The minimum atomic E-state index is 0.516. The third-order valence-electron chi connectivity index (χ3n) is 3.39. The summed E-state index contributed by atoms with van der Waals surface area (Å²) in [5, 5.41) is 7.09. The first kappa shape index (κ1) is 17.3. The highest BCUT2D eigenvalue weighted by Crippen LogP contribution is 2.14. The Balaban J connectivity index is 1.88. The van der Waals surface area contributed by atoms with Gasteiger partial charge in [-0.3, -0.25) is 0 Å². The highest BCUT2D eigenvalue weighted by atomic mass is 35.5. The zero-order valence-electron chi connectivity index (χ0n) is 13.8. The molecule has 0 aliphatic carbocycles. The largest absolute Gasteiger partial charge is 0.466 e. The van der Waals surface area contributed by atoms with Gasteiger partial charge >= 0.3 is 0 Å². The van der Waals surface area contributed by atoms with E-state index in [4.69, 9.17) is 16.0 Å². The van der Waals surface area contributed by atoms with Gasteiger partial charge in [0.05, 0.1) is 6.54 Å². The molecule has 0 aliphatic rings. The first-order valence-electron chi connectivity index (χ1n) is 7.77. The predicted octanol–water partition coefficient (Wildman–Crippen LogP) is 3.24. The molecule has 0 amide bonds. The van der Waals surface area contributed by atoms with Crippen molar-refractivity contribution in [1.29, 1.82) is 0 Å². The van der Waals surface area contributed by atoms with Crippen LogP contribution in [0.1, 0.15) is 29.6 Å². The summed E-state index contributed by atoms with van der Waals surface area (Å²) in [5.74, 6) is 2.64. The molecule has 23 heavy (non-hydrogen) atoms. The van der Waals surface area contributed by atoms with E-state index >= 15 is 0 Å². The average molecular weight is 335 g/mol. The Bertz CT molecular complexity index is 649. The van der Waals surface area contributed by atoms with Crippen LogP contribution in [-0.4, -0.2) is 24.0 Å². The number of aliphatic imine (C=N–C) groups is 1. The molecule has 0 saturated carbocycles. The molecule has 0 atom stereocenters. The lowest BCUT2D eigenvalue weighted by molar-refractivity contribution is 0.501. The predicted molar refractivity (Wildman–Crippen MR) is 94.0 cm³/mol. The van der Waals surface area contributed by atoms with Crippen LogP contribution >= 0.6 is 11.6 Å². The van der Waals surface area contributed by atoms with Gasteiger partial charge in [-0.05, 0) is 44.9 Å². The van der Waals surface area contributed by atoms with E-state index < -0.39 is 0 Å². The lowest BCUT2D eigenvalue weighted by Crippen LogP contribution is -2.38. The second-order valence-corrected chi connectivity index (χ2v) is 5.69. The number of hydrogen-bond acceptors (Lipinski definition) is 3. The summed E-state index contributed by atoms with van der Waals surface area (Å²) in [6.07, 6.45) is 2.66. The van der Waals surface area contributed by atoms with Crippen molar-refractivity contribution in [3.63, 3.8) is 0 Å². The summed E-state index contributed by atoms with van der Waals surface area (Å²) >= 11 is 5.79. The van der Waals surface area contributed by atoms with Gasteiger partial charge in [-0.15, -0.1) is 0 Å². The summed E-state index contributed by atoms with van der Waals surface area (Å²) < 4.78 is 5.53. The van der Waals surface area contributed by atoms with Crippen LogP contribution in [0.2, 0.25) is 5.15 Å². The molecule has 2 N–H and O–H groups in total. The summed E-state index contributed by atoms with van der Waals surface area (Å²) in [6.45, 7) is 8.15. The van der Waals surface area contributed by atoms with Crippen molar-refractivity contribution in [3.05, 3.63) is 52.2 Å². The van der Waals surface area contributed by atoms with E-state index in [9.17, 15) is 0 Å². The Morgan fingerprint density at radius 3 is 2.74 bits per heavy atom. The first-order valence-corrected chi connectivity index (χ1v) is 8.14. The maximum atomic E-state index is 5.79. The molecule has 5 nitrogen and oxygen atoms in total. The molecule has 0 fully saturated rings. The van der Waals surface area contributed by atoms with Crippen LogP contribution in [0, 0.1) is 13.8 Å². The van der Waals surface area contributed by atoms with Crippen LogP contribution in [0.3, 0.4) is 0 Å². The van der Waals surface area contributed by atoms with Crippen LogP contribution in [0.4, 0.5) is 0 Å². The van der Waals surface area contributed by atoms with Gasteiger partial charge < -0.3 is 15.1 Å². The van der Waals surface area contributed by atoms with Crippen molar-refractivity contribution in [2.45, 2.75) is 33.7 Å². The minimum Gasteiger partial charge on any atom is -0.466 e. The molecule has 0 saturated heterocycles. The van der Waals surface area contributed by atoms with Gasteiger partial charge in [0.1, 0.15) is 16.7 Å². The molecule has 2 aromatic heterocycles. The molecular formula is C17H23ClN4O. The summed E-state index contributed by atoms with van der Waals surface area (Å²) in [5.41, 5.74) is 2.25. The number of nitrogens with one attached hydrogen (secondary N) is 2. The third kappa shape index (κ3) is 5.60. The molecule has 0 radical (unpaired) electrons. The Morgan fingerprint density at radius 2 is 2.13 bits per heavy atom.